The molecule has 25 heavy (non-hydrogen) atoms. The molecule has 1 aromatic rings. The van der Waals surface area contributed by atoms with E-state index in [2.05, 4.69) is 4.98 Å². The zero-order valence-corrected chi connectivity index (χ0v) is 15.2. The first-order valence-corrected chi connectivity index (χ1v) is 9.33. The molecular weight excluding hydrogens is 344 g/mol. The number of aromatic nitrogens is 1. The van der Waals surface area contributed by atoms with E-state index >= 15 is 0 Å². The molecule has 3 heterocycles. The molecule has 2 aliphatic rings. The fourth-order valence-electron chi connectivity index (χ4n) is 3.44. The van der Waals surface area contributed by atoms with E-state index in [-0.39, 0.29) is 11.8 Å². The number of aliphatic hydroxyl groups is 1. The first-order valence-electron chi connectivity index (χ1n) is 8.46. The van der Waals surface area contributed by atoms with Gasteiger partial charge in [0, 0.05) is 24.7 Å². The molecule has 0 bridgehead atoms. The van der Waals surface area contributed by atoms with Crippen LogP contribution in [-0.4, -0.2) is 69.6 Å². The van der Waals surface area contributed by atoms with Gasteiger partial charge in [-0.05, 0) is 26.7 Å². The highest BCUT2D eigenvalue weighted by Gasteiger charge is 2.49. The van der Waals surface area contributed by atoms with Gasteiger partial charge in [0.15, 0.2) is 5.72 Å². The molecule has 3 N–H and O–H groups in total. The highest BCUT2D eigenvalue weighted by molar-refractivity contribution is 7.09. The van der Waals surface area contributed by atoms with Gasteiger partial charge in [-0.2, -0.15) is 0 Å². The number of carbonyl (C=O) groups is 2. The molecule has 2 aliphatic heterocycles. The fraction of sp³-hybridized carbons (Fsp3) is 0.688. The van der Waals surface area contributed by atoms with Crippen LogP contribution in [0.4, 0.5) is 0 Å². The van der Waals surface area contributed by atoms with E-state index in [0.717, 1.165) is 11.4 Å². The first kappa shape index (κ1) is 18.2. The van der Waals surface area contributed by atoms with Crippen molar-refractivity contribution in [3.8, 4) is 0 Å². The largest absolute Gasteiger partial charge is 0.391 e. The number of nitrogens with zero attached hydrogens (tertiary/aromatic N) is 3. The van der Waals surface area contributed by atoms with Gasteiger partial charge in [0.05, 0.1) is 12.7 Å². The molecule has 0 radical (unpaired) electrons. The molecule has 4 atom stereocenters. The minimum absolute atomic E-state index is 0.154. The van der Waals surface area contributed by atoms with Gasteiger partial charge in [-0.25, -0.2) is 4.98 Å². The van der Waals surface area contributed by atoms with Crippen LogP contribution in [-0.2, 0) is 20.1 Å². The summed E-state index contributed by atoms with van der Waals surface area (Å²) in [5.41, 5.74) is 4.88. The van der Waals surface area contributed by atoms with Crippen LogP contribution in [0.25, 0.3) is 0 Å². The van der Waals surface area contributed by atoms with Crippen LogP contribution in [0.5, 0.6) is 0 Å². The van der Waals surface area contributed by atoms with Crippen molar-refractivity contribution in [1.82, 2.24) is 14.8 Å². The lowest BCUT2D eigenvalue weighted by molar-refractivity contribution is -0.157. The number of likely N-dealkylation sites (tertiary alicyclic amines) is 1. The summed E-state index contributed by atoms with van der Waals surface area (Å²) in [4.78, 5) is 33.2. The van der Waals surface area contributed by atoms with Crippen LogP contribution in [0.3, 0.4) is 0 Å². The second-order valence-electron chi connectivity index (χ2n) is 6.61. The topological polar surface area (TPSA) is 109 Å². The van der Waals surface area contributed by atoms with E-state index in [1.165, 1.54) is 23.2 Å². The Kier molecular flexibility index (Phi) is 5.10. The molecule has 0 spiro atoms. The number of nitrogens with two attached hydrogens (primary N) is 1. The maximum absolute atomic E-state index is 13.2. The molecule has 0 aromatic carbocycles. The zero-order chi connectivity index (χ0) is 18.2. The number of hydrogen-bond donors (Lipinski definition) is 2. The molecule has 0 aliphatic carbocycles. The molecule has 9 heteroatoms. The van der Waals surface area contributed by atoms with E-state index in [0.29, 0.717) is 26.1 Å². The Balaban J connectivity index is 1.81. The normalized spacial score (nSPS) is 29.0. The Morgan fingerprint density at radius 3 is 2.92 bits per heavy atom. The number of hydrogen-bond acceptors (Lipinski definition) is 7. The second-order valence-corrected chi connectivity index (χ2v) is 7.51. The quantitative estimate of drug-likeness (QED) is 0.767. The Bertz CT molecular complexity index is 638. The third-order valence-electron chi connectivity index (χ3n) is 4.93. The predicted octanol–water partition coefficient (Wildman–Crippen LogP) is -0.126. The van der Waals surface area contributed by atoms with Crippen LogP contribution >= 0.6 is 11.3 Å². The van der Waals surface area contributed by atoms with Gasteiger partial charge in [-0.15, -0.1) is 11.3 Å². The van der Waals surface area contributed by atoms with Crippen molar-refractivity contribution in [1.29, 1.82) is 0 Å². The lowest BCUT2D eigenvalue weighted by Gasteiger charge is -2.36. The minimum atomic E-state index is -1.02. The number of thiazole rings is 1. The third-order valence-corrected chi connectivity index (χ3v) is 5.90. The van der Waals surface area contributed by atoms with Crippen molar-refractivity contribution >= 4 is 23.2 Å². The average molecular weight is 368 g/mol. The van der Waals surface area contributed by atoms with Crippen LogP contribution in [0.1, 0.15) is 31.7 Å². The summed E-state index contributed by atoms with van der Waals surface area (Å²) in [6, 6.07) is -1.59. The summed E-state index contributed by atoms with van der Waals surface area (Å²) in [7, 11) is 0. The number of aliphatic hydroxyl groups excluding tert-OH is 1. The molecule has 0 saturated carbocycles. The molecule has 2 amide bonds. The predicted molar refractivity (Wildman–Crippen MR) is 91.5 cm³/mol. The Morgan fingerprint density at radius 2 is 2.28 bits per heavy atom. The summed E-state index contributed by atoms with van der Waals surface area (Å²) in [5.74, 6) is -0.541. The molecule has 8 nitrogen and oxygen atoms in total. The lowest BCUT2D eigenvalue weighted by atomic mass is 10.1. The van der Waals surface area contributed by atoms with Gasteiger partial charge < -0.3 is 25.4 Å². The third kappa shape index (κ3) is 3.17. The van der Waals surface area contributed by atoms with Crippen molar-refractivity contribution in [2.45, 2.75) is 50.6 Å². The van der Waals surface area contributed by atoms with Crippen molar-refractivity contribution in [3.63, 3.8) is 0 Å². The molecule has 1 unspecified atom stereocenters. The summed E-state index contributed by atoms with van der Waals surface area (Å²) in [6.45, 7) is 4.66. The molecule has 2 fully saturated rings. The van der Waals surface area contributed by atoms with Gasteiger partial charge in [0.2, 0.25) is 11.8 Å². The van der Waals surface area contributed by atoms with E-state index < -0.39 is 23.9 Å². The van der Waals surface area contributed by atoms with E-state index in [4.69, 9.17) is 10.5 Å². The molecular formula is C16H24N4O4S. The summed E-state index contributed by atoms with van der Waals surface area (Å²) < 4.78 is 5.84. The Hall–Kier alpha value is -1.55. The van der Waals surface area contributed by atoms with Gasteiger partial charge >= 0.3 is 0 Å². The van der Waals surface area contributed by atoms with Crippen LogP contribution in [0, 0.1) is 0 Å². The summed E-state index contributed by atoms with van der Waals surface area (Å²) in [6.07, 6.45) is 2.04. The summed E-state index contributed by atoms with van der Waals surface area (Å²) in [5, 5.41) is 12.2. The Labute approximate surface area is 150 Å². The molecule has 2 saturated heterocycles. The number of ether oxygens (including phenoxy) is 1. The van der Waals surface area contributed by atoms with Crippen LogP contribution in [0.15, 0.2) is 11.6 Å². The standard InChI is InChI=1S/C16H24N4O4S/c1-10(21)12(17)14(23)19-6-3-4-11(19)13(22)20-7-8-24-16(20,2)15-18-5-9-25-15/h5,9-12,21H,3-4,6-8,17H2,1-2H3/t10-,11+,12+,16?/m1/s1. The maximum Gasteiger partial charge on any atom is 0.248 e. The number of amides is 2. The lowest BCUT2D eigenvalue weighted by Crippen LogP contribution is -2.56. The van der Waals surface area contributed by atoms with Gasteiger partial charge in [-0.3, -0.25) is 9.59 Å². The highest BCUT2D eigenvalue weighted by Crippen LogP contribution is 2.36. The SMILES string of the molecule is C[C@@H](O)[C@H](N)C(=O)N1CCC[C@H]1C(=O)N1CCOC1(C)c1nccs1. The van der Waals surface area contributed by atoms with Crippen molar-refractivity contribution in [2.24, 2.45) is 5.73 Å². The van der Waals surface area contributed by atoms with E-state index in [1.54, 1.807) is 11.1 Å². The van der Waals surface area contributed by atoms with E-state index in [9.17, 15) is 14.7 Å². The van der Waals surface area contributed by atoms with Gasteiger partial charge in [0.25, 0.3) is 0 Å². The van der Waals surface area contributed by atoms with Crippen molar-refractivity contribution in [3.05, 3.63) is 16.6 Å². The molecule has 1 aromatic heterocycles. The zero-order valence-electron chi connectivity index (χ0n) is 14.4. The number of carbonyl (C=O) groups excluding carboxylic acids is 2. The second kappa shape index (κ2) is 6.99. The monoisotopic (exact) mass is 368 g/mol. The highest BCUT2D eigenvalue weighted by atomic mass is 32.1. The maximum atomic E-state index is 13.2. The van der Waals surface area contributed by atoms with Crippen molar-refractivity contribution < 1.29 is 19.4 Å². The smallest absolute Gasteiger partial charge is 0.248 e. The molecule has 138 valence electrons. The van der Waals surface area contributed by atoms with Crippen molar-refractivity contribution in [2.75, 3.05) is 19.7 Å². The van der Waals surface area contributed by atoms with E-state index in [1.807, 2.05) is 12.3 Å². The minimum Gasteiger partial charge on any atom is -0.391 e. The molecule has 3 rings (SSSR count). The van der Waals surface area contributed by atoms with Crippen LogP contribution < -0.4 is 5.73 Å². The summed E-state index contributed by atoms with van der Waals surface area (Å²) >= 11 is 1.44. The number of rotatable bonds is 4. The Morgan fingerprint density at radius 1 is 1.52 bits per heavy atom. The average Bonchev–Trinajstić information content (AvgIpc) is 3.32. The van der Waals surface area contributed by atoms with Crippen LogP contribution in [0.2, 0.25) is 0 Å². The van der Waals surface area contributed by atoms with Gasteiger partial charge in [-0.1, -0.05) is 0 Å². The van der Waals surface area contributed by atoms with Gasteiger partial charge in [0.1, 0.15) is 17.1 Å². The first-order chi connectivity index (χ1) is 11.9. The fourth-order valence-corrected chi connectivity index (χ4v) is 4.20.